The summed E-state index contributed by atoms with van der Waals surface area (Å²) in [5, 5.41) is 5.69. The summed E-state index contributed by atoms with van der Waals surface area (Å²) in [5.41, 5.74) is 1.31. The number of benzene rings is 2. The molecule has 0 atom stereocenters. The zero-order valence-corrected chi connectivity index (χ0v) is 15.8. The quantitative estimate of drug-likeness (QED) is 0.802. The number of piperidine rings is 1. The lowest BCUT2D eigenvalue weighted by Crippen LogP contribution is -2.41. The summed E-state index contributed by atoms with van der Waals surface area (Å²) in [7, 11) is 1.60. The summed E-state index contributed by atoms with van der Waals surface area (Å²) in [6.07, 6.45) is 1.40. The van der Waals surface area contributed by atoms with E-state index in [4.69, 9.17) is 4.74 Å². The van der Waals surface area contributed by atoms with Gasteiger partial charge in [0.05, 0.1) is 13.7 Å². The van der Waals surface area contributed by atoms with Crippen LogP contribution in [0.5, 0.6) is 5.75 Å². The average Bonchev–Trinajstić information content (AvgIpc) is 2.71. The third-order valence-electron chi connectivity index (χ3n) is 4.81. The molecule has 0 spiro atoms. The van der Waals surface area contributed by atoms with Crippen LogP contribution in [0.4, 0.5) is 15.8 Å². The van der Waals surface area contributed by atoms with Crippen LogP contribution in [0.25, 0.3) is 0 Å². The molecule has 148 valence electrons. The summed E-state index contributed by atoms with van der Waals surface area (Å²) < 4.78 is 18.0. The highest BCUT2D eigenvalue weighted by molar-refractivity contribution is 5.93. The van der Waals surface area contributed by atoms with Gasteiger partial charge in [0.25, 0.3) is 0 Å². The molecule has 1 aliphatic heterocycles. The van der Waals surface area contributed by atoms with Crippen molar-refractivity contribution in [1.29, 1.82) is 0 Å². The Morgan fingerprint density at radius 3 is 2.18 bits per heavy atom. The van der Waals surface area contributed by atoms with E-state index in [0.717, 1.165) is 11.4 Å². The summed E-state index contributed by atoms with van der Waals surface area (Å²) in [6, 6.07) is 12.9. The molecule has 0 aromatic heterocycles. The summed E-state index contributed by atoms with van der Waals surface area (Å²) >= 11 is 0. The smallest absolute Gasteiger partial charge is 0.238 e. The Morgan fingerprint density at radius 2 is 1.57 bits per heavy atom. The Balaban J connectivity index is 1.42. The van der Waals surface area contributed by atoms with E-state index in [-0.39, 0.29) is 30.1 Å². The molecule has 3 rings (SSSR count). The lowest BCUT2D eigenvalue weighted by molar-refractivity contribution is -0.121. The number of methoxy groups -OCH3 is 1. The number of anilines is 2. The van der Waals surface area contributed by atoms with Crippen molar-refractivity contribution in [2.75, 3.05) is 37.4 Å². The Labute approximate surface area is 163 Å². The van der Waals surface area contributed by atoms with Crippen molar-refractivity contribution in [2.24, 2.45) is 5.92 Å². The van der Waals surface area contributed by atoms with Gasteiger partial charge in [-0.1, -0.05) is 0 Å². The number of carbonyl (C=O) groups excluding carboxylic acids is 2. The minimum Gasteiger partial charge on any atom is -0.497 e. The maximum Gasteiger partial charge on any atom is 0.238 e. The number of amides is 2. The van der Waals surface area contributed by atoms with Gasteiger partial charge in [-0.25, -0.2) is 4.39 Å². The monoisotopic (exact) mass is 385 g/mol. The SMILES string of the molecule is COc1ccc(NC(=O)C2CCN(CC(=O)Nc3ccc(F)cc3)CC2)cc1. The molecule has 7 heteroatoms. The zero-order chi connectivity index (χ0) is 19.9. The molecular formula is C21H24FN3O3. The highest BCUT2D eigenvalue weighted by Gasteiger charge is 2.26. The van der Waals surface area contributed by atoms with Gasteiger partial charge in [-0.05, 0) is 74.5 Å². The maximum absolute atomic E-state index is 12.9. The lowest BCUT2D eigenvalue weighted by atomic mass is 9.96. The normalized spacial score (nSPS) is 15.1. The van der Waals surface area contributed by atoms with E-state index in [9.17, 15) is 14.0 Å². The van der Waals surface area contributed by atoms with Crippen molar-refractivity contribution in [1.82, 2.24) is 4.90 Å². The maximum atomic E-state index is 12.9. The van der Waals surface area contributed by atoms with Crippen LogP contribution in [-0.4, -0.2) is 43.5 Å². The summed E-state index contributed by atoms with van der Waals surface area (Å²) in [5.74, 6) is 0.185. The van der Waals surface area contributed by atoms with Crippen molar-refractivity contribution in [3.63, 3.8) is 0 Å². The van der Waals surface area contributed by atoms with E-state index in [0.29, 0.717) is 31.6 Å². The van der Waals surface area contributed by atoms with E-state index in [1.807, 2.05) is 17.0 Å². The molecule has 1 fully saturated rings. The molecule has 2 aromatic carbocycles. The molecule has 0 radical (unpaired) electrons. The summed E-state index contributed by atoms with van der Waals surface area (Å²) in [6.45, 7) is 1.61. The van der Waals surface area contributed by atoms with Crippen molar-refractivity contribution < 1.29 is 18.7 Å². The standard InChI is InChI=1S/C21H24FN3O3/c1-28-19-8-6-18(7-9-19)24-21(27)15-10-12-25(13-11-15)14-20(26)23-17-4-2-16(22)3-5-17/h2-9,15H,10-14H2,1H3,(H,23,26)(H,24,27). The van der Waals surface area contributed by atoms with Gasteiger partial charge in [0, 0.05) is 17.3 Å². The minimum absolute atomic E-state index is 0.000538. The largest absolute Gasteiger partial charge is 0.497 e. The first-order chi connectivity index (χ1) is 13.5. The highest BCUT2D eigenvalue weighted by Crippen LogP contribution is 2.21. The summed E-state index contributed by atoms with van der Waals surface area (Å²) in [4.78, 5) is 26.6. The van der Waals surface area contributed by atoms with E-state index >= 15 is 0 Å². The second-order valence-electron chi connectivity index (χ2n) is 6.82. The fraction of sp³-hybridized carbons (Fsp3) is 0.333. The Morgan fingerprint density at radius 1 is 1.00 bits per heavy atom. The molecule has 2 aromatic rings. The number of halogens is 1. The molecular weight excluding hydrogens is 361 g/mol. The van der Waals surface area contributed by atoms with Crippen LogP contribution in [0.1, 0.15) is 12.8 Å². The number of nitrogens with zero attached hydrogens (tertiary/aromatic N) is 1. The van der Waals surface area contributed by atoms with E-state index in [2.05, 4.69) is 10.6 Å². The van der Waals surface area contributed by atoms with Crippen molar-refractivity contribution >= 4 is 23.2 Å². The molecule has 6 nitrogen and oxygen atoms in total. The van der Waals surface area contributed by atoms with E-state index in [1.165, 1.54) is 24.3 Å². The van der Waals surface area contributed by atoms with Crippen LogP contribution >= 0.6 is 0 Å². The van der Waals surface area contributed by atoms with Gasteiger partial charge in [0.2, 0.25) is 11.8 Å². The molecule has 28 heavy (non-hydrogen) atoms. The molecule has 2 amide bonds. The predicted octanol–water partition coefficient (Wildman–Crippen LogP) is 3.12. The third-order valence-corrected chi connectivity index (χ3v) is 4.81. The van der Waals surface area contributed by atoms with Gasteiger partial charge in [0.15, 0.2) is 0 Å². The minimum atomic E-state index is -0.340. The van der Waals surface area contributed by atoms with Gasteiger partial charge in [-0.15, -0.1) is 0 Å². The third kappa shape index (κ3) is 5.53. The van der Waals surface area contributed by atoms with E-state index < -0.39 is 0 Å². The first-order valence-electron chi connectivity index (χ1n) is 9.26. The van der Waals surface area contributed by atoms with Gasteiger partial charge in [-0.2, -0.15) is 0 Å². The number of carbonyl (C=O) groups is 2. The zero-order valence-electron chi connectivity index (χ0n) is 15.8. The van der Waals surface area contributed by atoms with Crippen LogP contribution < -0.4 is 15.4 Å². The van der Waals surface area contributed by atoms with Crippen LogP contribution in [0.15, 0.2) is 48.5 Å². The molecule has 0 bridgehead atoms. The second-order valence-corrected chi connectivity index (χ2v) is 6.82. The molecule has 0 aliphatic carbocycles. The molecule has 1 heterocycles. The van der Waals surface area contributed by atoms with Crippen LogP contribution in [0.3, 0.4) is 0 Å². The second kappa shape index (κ2) is 9.32. The molecule has 1 saturated heterocycles. The number of ether oxygens (including phenoxy) is 1. The highest BCUT2D eigenvalue weighted by atomic mass is 19.1. The number of hydrogen-bond acceptors (Lipinski definition) is 4. The Kier molecular flexibility index (Phi) is 6.60. The molecule has 1 aliphatic rings. The lowest BCUT2D eigenvalue weighted by Gasteiger charge is -2.30. The van der Waals surface area contributed by atoms with Crippen molar-refractivity contribution in [3.8, 4) is 5.75 Å². The number of likely N-dealkylation sites (tertiary alicyclic amines) is 1. The van der Waals surface area contributed by atoms with Gasteiger partial charge in [-0.3, -0.25) is 14.5 Å². The van der Waals surface area contributed by atoms with Crippen molar-refractivity contribution in [2.45, 2.75) is 12.8 Å². The van der Waals surface area contributed by atoms with Gasteiger partial charge >= 0.3 is 0 Å². The van der Waals surface area contributed by atoms with Crippen molar-refractivity contribution in [3.05, 3.63) is 54.3 Å². The first kappa shape index (κ1) is 19.8. The van der Waals surface area contributed by atoms with E-state index in [1.54, 1.807) is 19.2 Å². The fourth-order valence-electron chi connectivity index (χ4n) is 3.21. The number of nitrogens with one attached hydrogen (secondary N) is 2. The Bertz CT molecular complexity index is 801. The van der Waals surface area contributed by atoms with Crippen LogP contribution in [-0.2, 0) is 9.59 Å². The number of hydrogen-bond donors (Lipinski definition) is 2. The van der Waals surface area contributed by atoms with Gasteiger partial charge in [0.1, 0.15) is 11.6 Å². The topological polar surface area (TPSA) is 70.7 Å². The van der Waals surface area contributed by atoms with Gasteiger partial charge < -0.3 is 15.4 Å². The number of rotatable bonds is 6. The molecule has 0 unspecified atom stereocenters. The molecule has 2 N–H and O–H groups in total. The molecule has 0 saturated carbocycles. The van der Waals surface area contributed by atoms with Crippen LogP contribution in [0, 0.1) is 11.7 Å². The Hall–Kier alpha value is -2.93. The van der Waals surface area contributed by atoms with Crippen LogP contribution in [0.2, 0.25) is 0 Å². The average molecular weight is 385 g/mol. The first-order valence-corrected chi connectivity index (χ1v) is 9.26. The fourth-order valence-corrected chi connectivity index (χ4v) is 3.21. The predicted molar refractivity (Wildman–Crippen MR) is 106 cm³/mol.